The number of carbonyl (C=O) groups is 3. The molecule has 0 aromatic heterocycles. The van der Waals surface area contributed by atoms with Crippen molar-refractivity contribution in [3.8, 4) is 0 Å². The van der Waals surface area contributed by atoms with Gasteiger partial charge in [-0.15, -0.1) is 0 Å². The van der Waals surface area contributed by atoms with E-state index in [1.165, 1.54) is 0 Å². The highest BCUT2D eigenvalue weighted by Crippen LogP contribution is 2.38. The van der Waals surface area contributed by atoms with Gasteiger partial charge in [0, 0.05) is 27.3 Å². The molecule has 2 aromatic rings. The van der Waals surface area contributed by atoms with Gasteiger partial charge in [0.1, 0.15) is 0 Å². The SMILES string of the molecule is Cc1cc(NC(=O)CNC(=O)c2cccc(NC(=O)C3CC3C)c2)ccc1Br. The summed E-state index contributed by atoms with van der Waals surface area (Å²) in [6, 6.07) is 12.2. The number of rotatable bonds is 6. The molecular weight excluding hydrogens is 422 g/mol. The fourth-order valence-corrected chi connectivity index (χ4v) is 3.10. The lowest BCUT2D eigenvalue weighted by atomic mass is 10.2. The van der Waals surface area contributed by atoms with Crippen LogP contribution in [0.3, 0.4) is 0 Å². The number of benzene rings is 2. The number of aryl methyl sites for hydroxylation is 1. The molecule has 3 rings (SSSR count). The predicted octanol–water partition coefficient (Wildman–Crippen LogP) is 3.72. The van der Waals surface area contributed by atoms with Crippen molar-refractivity contribution in [1.82, 2.24) is 5.32 Å². The summed E-state index contributed by atoms with van der Waals surface area (Å²) in [5.41, 5.74) is 2.63. The summed E-state index contributed by atoms with van der Waals surface area (Å²) in [5.74, 6) is -0.238. The number of hydrogen-bond acceptors (Lipinski definition) is 3. The molecule has 2 aromatic carbocycles. The Morgan fingerprint density at radius 3 is 2.46 bits per heavy atom. The van der Waals surface area contributed by atoms with Crippen LogP contribution in [0.15, 0.2) is 46.9 Å². The summed E-state index contributed by atoms with van der Waals surface area (Å²) < 4.78 is 0.960. The minimum atomic E-state index is -0.377. The van der Waals surface area contributed by atoms with Gasteiger partial charge in [0.2, 0.25) is 11.8 Å². The molecule has 2 unspecified atom stereocenters. The van der Waals surface area contributed by atoms with E-state index < -0.39 is 0 Å². The average Bonchev–Trinajstić information content (AvgIpc) is 3.40. The van der Waals surface area contributed by atoms with Gasteiger partial charge in [0.25, 0.3) is 5.91 Å². The quantitative estimate of drug-likeness (QED) is 0.635. The molecule has 0 heterocycles. The zero-order chi connectivity index (χ0) is 20.3. The van der Waals surface area contributed by atoms with E-state index in [0.29, 0.717) is 22.9 Å². The normalized spacial score (nSPS) is 17.5. The van der Waals surface area contributed by atoms with Gasteiger partial charge in [0.05, 0.1) is 6.54 Å². The number of halogens is 1. The monoisotopic (exact) mass is 443 g/mol. The summed E-state index contributed by atoms with van der Waals surface area (Å²) >= 11 is 3.41. The number of amides is 3. The molecule has 6 nitrogen and oxygen atoms in total. The second-order valence-corrected chi connectivity index (χ2v) is 7.94. The lowest BCUT2D eigenvalue weighted by Gasteiger charge is -2.09. The van der Waals surface area contributed by atoms with Crippen LogP contribution in [-0.2, 0) is 9.59 Å². The molecule has 0 saturated heterocycles. The van der Waals surface area contributed by atoms with Gasteiger partial charge < -0.3 is 16.0 Å². The second kappa shape index (κ2) is 8.56. The first kappa shape index (κ1) is 20.1. The molecular formula is C21H22BrN3O3. The fraction of sp³-hybridized carbons (Fsp3) is 0.286. The zero-order valence-corrected chi connectivity index (χ0v) is 17.3. The van der Waals surface area contributed by atoms with Crippen LogP contribution >= 0.6 is 15.9 Å². The maximum atomic E-state index is 12.3. The Morgan fingerprint density at radius 2 is 1.79 bits per heavy atom. The van der Waals surface area contributed by atoms with Crippen LogP contribution < -0.4 is 16.0 Å². The molecule has 7 heteroatoms. The zero-order valence-electron chi connectivity index (χ0n) is 15.7. The maximum absolute atomic E-state index is 12.3. The van der Waals surface area contributed by atoms with Crippen LogP contribution in [0.4, 0.5) is 11.4 Å². The summed E-state index contributed by atoms with van der Waals surface area (Å²) in [6.07, 6.45) is 0.902. The highest BCUT2D eigenvalue weighted by atomic mass is 79.9. The summed E-state index contributed by atoms with van der Waals surface area (Å²) in [7, 11) is 0. The van der Waals surface area contributed by atoms with Crippen LogP contribution in [0.1, 0.15) is 29.3 Å². The standard InChI is InChI=1S/C21H22BrN3O3/c1-12-9-17(12)21(28)25-15-5-3-4-14(10-15)20(27)23-11-19(26)24-16-6-7-18(22)13(2)8-16/h3-8,10,12,17H,9,11H2,1-2H3,(H,23,27)(H,24,26)(H,25,28). The van der Waals surface area contributed by atoms with Crippen molar-refractivity contribution in [2.45, 2.75) is 20.3 Å². The highest BCUT2D eigenvalue weighted by molar-refractivity contribution is 9.10. The van der Waals surface area contributed by atoms with Crippen LogP contribution in [0, 0.1) is 18.8 Å². The third-order valence-corrected chi connectivity index (χ3v) is 5.58. The van der Waals surface area contributed by atoms with Gasteiger partial charge in [-0.25, -0.2) is 0 Å². The minimum absolute atomic E-state index is 0.0192. The van der Waals surface area contributed by atoms with Crippen LogP contribution in [0.2, 0.25) is 0 Å². The Balaban J connectivity index is 1.52. The van der Waals surface area contributed by atoms with Crippen LogP contribution in [0.5, 0.6) is 0 Å². The Labute approximate surface area is 172 Å². The van der Waals surface area contributed by atoms with E-state index >= 15 is 0 Å². The van der Waals surface area contributed by atoms with E-state index in [1.807, 2.05) is 26.0 Å². The van der Waals surface area contributed by atoms with Crippen molar-refractivity contribution >= 4 is 45.0 Å². The predicted molar refractivity (Wildman–Crippen MR) is 112 cm³/mol. The van der Waals surface area contributed by atoms with E-state index in [1.54, 1.807) is 30.3 Å². The molecule has 1 fully saturated rings. The van der Waals surface area contributed by atoms with Gasteiger partial charge in [-0.2, -0.15) is 0 Å². The lowest BCUT2D eigenvalue weighted by molar-refractivity contribution is -0.117. The molecule has 1 saturated carbocycles. The van der Waals surface area contributed by atoms with Crippen molar-refractivity contribution in [1.29, 1.82) is 0 Å². The first-order valence-electron chi connectivity index (χ1n) is 9.08. The molecule has 0 spiro atoms. The fourth-order valence-electron chi connectivity index (χ4n) is 2.85. The first-order valence-corrected chi connectivity index (χ1v) is 9.88. The van der Waals surface area contributed by atoms with E-state index in [0.717, 1.165) is 16.5 Å². The second-order valence-electron chi connectivity index (χ2n) is 7.08. The molecule has 1 aliphatic rings. The van der Waals surface area contributed by atoms with Crippen LogP contribution in [-0.4, -0.2) is 24.3 Å². The van der Waals surface area contributed by atoms with Gasteiger partial charge >= 0.3 is 0 Å². The molecule has 2 atom stereocenters. The largest absolute Gasteiger partial charge is 0.343 e. The average molecular weight is 444 g/mol. The Hall–Kier alpha value is -2.67. The van der Waals surface area contributed by atoms with Crippen LogP contribution in [0.25, 0.3) is 0 Å². The lowest BCUT2D eigenvalue weighted by Crippen LogP contribution is -2.32. The van der Waals surface area contributed by atoms with Crippen molar-refractivity contribution in [3.63, 3.8) is 0 Å². The smallest absolute Gasteiger partial charge is 0.251 e. The van der Waals surface area contributed by atoms with Gasteiger partial charge in [-0.1, -0.05) is 28.9 Å². The van der Waals surface area contributed by atoms with E-state index in [-0.39, 0.29) is 30.2 Å². The Bertz CT molecular complexity index is 929. The molecule has 28 heavy (non-hydrogen) atoms. The number of hydrogen-bond donors (Lipinski definition) is 3. The summed E-state index contributed by atoms with van der Waals surface area (Å²) in [6.45, 7) is 3.82. The summed E-state index contributed by atoms with van der Waals surface area (Å²) in [5, 5.41) is 8.18. The maximum Gasteiger partial charge on any atom is 0.251 e. The third kappa shape index (κ3) is 5.19. The minimum Gasteiger partial charge on any atom is -0.343 e. The van der Waals surface area contributed by atoms with E-state index in [2.05, 4.69) is 31.9 Å². The van der Waals surface area contributed by atoms with E-state index in [4.69, 9.17) is 0 Å². The van der Waals surface area contributed by atoms with Gasteiger partial charge in [-0.3, -0.25) is 14.4 Å². The molecule has 0 aliphatic heterocycles. The summed E-state index contributed by atoms with van der Waals surface area (Å²) in [4.78, 5) is 36.4. The van der Waals surface area contributed by atoms with E-state index in [9.17, 15) is 14.4 Å². The number of carbonyl (C=O) groups excluding carboxylic acids is 3. The molecule has 3 amide bonds. The topological polar surface area (TPSA) is 87.3 Å². The van der Waals surface area contributed by atoms with Crippen molar-refractivity contribution in [2.24, 2.45) is 11.8 Å². The van der Waals surface area contributed by atoms with Crippen molar-refractivity contribution < 1.29 is 14.4 Å². The third-order valence-electron chi connectivity index (χ3n) is 4.69. The number of nitrogens with one attached hydrogen (secondary N) is 3. The molecule has 0 bridgehead atoms. The molecule has 146 valence electrons. The Morgan fingerprint density at radius 1 is 1.07 bits per heavy atom. The number of anilines is 2. The first-order chi connectivity index (χ1) is 13.3. The molecule has 3 N–H and O–H groups in total. The molecule has 1 aliphatic carbocycles. The van der Waals surface area contributed by atoms with Crippen molar-refractivity contribution in [2.75, 3.05) is 17.2 Å². The molecule has 0 radical (unpaired) electrons. The Kier molecular flexibility index (Phi) is 6.14. The van der Waals surface area contributed by atoms with Gasteiger partial charge in [-0.05, 0) is 61.2 Å². The van der Waals surface area contributed by atoms with Crippen molar-refractivity contribution in [3.05, 3.63) is 58.1 Å². The van der Waals surface area contributed by atoms with Gasteiger partial charge in [0.15, 0.2) is 0 Å². The highest BCUT2D eigenvalue weighted by Gasteiger charge is 2.39.